The molecular weight excluding hydrogens is 290 g/mol. The molecule has 1 fully saturated rings. The molecular formula is C21H32F2. The Morgan fingerprint density at radius 1 is 0.913 bits per heavy atom. The van der Waals surface area contributed by atoms with E-state index in [-0.39, 0.29) is 5.82 Å². The number of aryl methyl sites for hydroxylation is 1. The van der Waals surface area contributed by atoms with Gasteiger partial charge in [0.05, 0.1) is 0 Å². The Balaban J connectivity index is 1.89. The van der Waals surface area contributed by atoms with Crippen LogP contribution in [-0.4, -0.2) is 0 Å². The average molecular weight is 322 g/mol. The zero-order valence-electron chi connectivity index (χ0n) is 14.7. The van der Waals surface area contributed by atoms with Crippen LogP contribution in [0, 0.1) is 17.0 Å². The molecule has 130 valence electrons. The minimum Gasteiger partial charge on any atom is -0.207 e. The number of halogens is 2. The van der Waals surface area contributed by atoms with E-state index in [0.717, 1.165) is 18.9 Å². The maximum Gasteiger partial charge on any atom is 0.129 e. The van der Waals surface area contributed by atoms with Gasteiger partial charge in [-0.05, 0) is 49.1 Å². The van der Waals surface area contributed by atoms with E-state index >= 15 is 0 Å². The summed E-state index contributed by atoms with van der Waals surface area (Å²) >= 11 is 0. The maximum absolute atomic E-state index is 13.9. The maximum atomic E-state index is 13.9. The van der Waals surface area contributed by atoms with E-state index in [1.165, 1.54) is 76.7 Å². The van der Waals surface area contributed by atoms with Gasteiger partial charge < -0.3 is 0 Å². The Kier molecular flexibility index (Phi) is 7.52. The molecule has 2 rings (SSSR count). The number of hydrogen-bond acceptors (Lipinski definition) is 0. The summed E-state index contributed by atoms with van der Waals surface area (Å²) in [6.07, 6.45) is 16.3. The molecule has 0 aliphatic heterocycles. The van der Waals surface area contributed by atoms with E-state index in [9.17, 15) is 8.78 Å². The summed E-state index contributed by atoms with van der Waals surface area (Å²) in [6, 6.07) is 4.03. The quantitative estimate of drug-likeness (QED) is 0.421. The monoisotopic (exact) mass is 322 g/mol. The van der Waals surface area contributed by atoms with E-state index in [2.05, 4.69) is 6.92 Å². The predicted molar refractivity (Wildman–Crippen MR) is 93.6 cm³/mol. The second-order valence-electron chi connectivity index (χ2n) is 7.46. The number of benzene rings is 1. The van der Waals surface area contributed by atoms with E-state index in [0.29, 0.717) is 11.0 Å². The summed E-state index contributed by atoms with van der Waals surface area (Å²) in [4.78, 5) is 0. The molecule has 0 atom stereocenters. The molecule has 1 aromatic carbocycles. The molecule has 0 saturated heterocycles. The minimum absolute atomic E-state index is 0.376. The summed E-state index contributed by atoms with van der Waals surface area (Å²) in [5.74, 6) is -0.853. The van der Waals surface area contributed by atoms with Crippen LogP contribution in [0.15, 0.2) is 18.2 Å². The van der Waals surface area contributed by atoms with Crippen LogP contribution in [0.5, 0.6) is 0 Å². The Labute approximate surface area is 140 Å². The van der Waals surface area contributed by atoms with Crippen molar-refractivity contribution in [3.63, 3.8) is 0 Å². The Morgan fingerprint density at radius 3 is 2.35 bits per heavy atom. The van der Waals surface area contributed by atoms with E-state index in [1.54, 1.807) is 6.07 Å². The summed E-state index contributed by atoms with van der Waals surface area (Å²) < 4.78 is 26.9. The average Bonchev–Trinajstić information content (AvgIpc) is 2.55. The van der Waals surface area contributed by atoms with E-state index < -0.39 is 5.82 Å². The fourth-order valence-corrected chi connectivity index (χ4v) is 4.15. The largest absolute Gasteiger partial charge is 0.207 e. The van der Waals surface area contributed by atoms with Crippen molar-refractivity contribution in [2.45, 2.75) is 90.4 Å². The molecule has 1 aliphatic carbocycles. The van der Waals surface area contributed by atoms with Gasteiger partial charge in [-0.25, -0.2) is 8.78 Å². The van der Waals surface area contributed by atoms with Gasteiger partial charge >= 0.3 is 0 Å². The smallest absolute Gasteiger partial charge is 0.129 e. The van der Waals surface area contributed by atoms with Gasteiger partial charge in [0.25, 0.3) is 0 Å². The lowest BCUT2D eigenvalue weighted by molar-refractivity contribution is 0.151. The minimum atomic E-state index is -0.477. The highest BCUT2D eigenvalue weighted by molar-refractivity contribution is 5.19. The second-order valence-corrected chi connectivity index (χ2v) is 7.46. The normalized spacial score (nSPS) is 17.3. The Bertz CT molecular complexity index is 461. The van der Waals surface area contributed by atoms with Crippen molar-refractivity contribution in [2.24, 2.45) is 5.41 Å². The van der Waals surface area contributed by atoms with Crippen LogP contribution in [0.2, 0.25) is 0 Å². The molecule has 0 aromatic heterocycles. The highest BCUT2D eigenvalue weighted by Crippen LogP contribution is 2.44. The van der Waals surface area contributed by atoms with Crippen molar-refractivity contribution in [2.75, 3.05) is 0 Å². The highest BCUT2D eigenvalue weighted by atomic mass is 19.1. The van der Waals surface area contributed by atoms with Gasteiger partial charge in [-0.3, -0.25) is 0 Å². The van der Waals surface area contributed by atoms with E-state index in [1.807, 2.05) is 0 Å². The van der Waals surface area contributed by atoms with Gasteiger partial charge in [-0.2, -0.15) is 0 Å². The number of rotatable bonds is 9. The lowest BCUT2D eigenvalue weighted by Gasteiger charge is -2.38. The molecule has 0 radical (unpaired) electrons. The molecule has 2 heteroatoms. The molecule has 1 aromatic rings. The van der Waals surface area contributed by atoms with Crippen molar-refractivity contribution < 1.29 is 8.78 Å². The molecule has 0 nitrogen and oxygen atoms in total. The molecule has 1 aliphatic rings. The molecule has 1 saturated carbocycles. The van der Waals surface area contributed by atoms with Gasteiger partial charge in [-0.15, -0.1) is 0 Å². The first-order valence-corrected chi connectivity index (χ1v) is 9.59. The molecule has 0 N–H and O–H groups in total. The van der Waals surface area contributed by atoms with Crippen LogP contribution in [-0.2, 0) is 6.42 Å². The first-order valence-electron chi connectivity index (χ1n) is 9.59. The second kappa shape index (κ2) is 9.39. The zero-order valence-corrected chi connectivity index (χ0v) is 14.7. The van der Waals surface area contributed by atoms with Crippen LogP contribution in [0.25, 0.3) is 0 Å². The van der Waals surface area contributed by atoms with E-state index in [4.69, 9.17) is 0 Å². The molecule has 23 heavy (non-hydrogen) atoms. The third-order valence-electron chi connectivity index (χ3n) is 5.66. The topological polar surface area (TPSA) is 0 Å². The molecule has 0 unspecified atom stereocenters. The van der Waals surface area contributed by atoms with Gasteiger partial charge in [0, 0.05) is 6.07 Å². The third kappa shape index (κ3) is 5.90. The number of unbranched alkanes of at least 4 members (excludes halogenated alkanes) is 4. The van der Waals surface area contributed by atoms with Crippen molar-refractivity contribution in [1.29, 1.82) is 0 Å². The zero-order chi connectivity index (χ0) is 16.5. The predicted octanol–water partition coefficient (Wildman–Crippen LogP) is 7.21. The van der Waals surface area contributed by atoms with Crippen molar-refractivity contribution >= 4 is 0 Å². The fourth-order valence-electron chi connectivity index (χ4n) is 4.15. The highest BCUT2D eigenvalue weighted by Gasteiger charge is 2.31. The Morgan fingerprint density at radius 2 is 1.65 bits per heavy atom. The van der Waals surface area contributed by atoms with Gasteiger partial charge in [0.15, 0.2) is 0 Å². The summed E-state index contributed by atoms with van der Waals surface area (Å²) in [5.41, 5.74) is 1.09. The van der Waals surface area contributed by atoms with Crippen molar-refractivity contribution in [1.82, 2.24) is 0 Å². The van der Waals surface area contributed by atoms with Crippen molar-refractivity contribution in [3.05, 3.63) is 35.4 Å². The Hall–Kier alpha value is -0.920. The summed E-state index contributed by atoms with van der Waals surface area (Å²) in [5, 5.41) is 0. The molecule has 0 amide bonds. The van der Waals surface area contributed by atoms with Gasteiger partial charge in [0.1, 0.15) is 11.6 Å². The van der Waals surface area contributed by atoms with Crippen LogP contribution in [0.1, 0.15) is 89.5 Å². The van der Waals surface area contributed by atoms with Crippen LogP contribution >= 0.6 is 0 Å². The van der Waals surface area contributed by atoms with Crippen LogP contribution < -0.4 is 0 Å². The lowest BCUT2D eigenvalue weighted by Crippen LogP contribution is -2.25. The third-order valence-corrected chi connectivity index (χ3v) is 5.66. The summed E-state index contributed by atoms with van der Waals surface area (Å²) in [7, 11) is 0. The molecule has 0 spiro atoms. The number of hydrogen-bond donors (Lipinski definition) is 0. The van der Waals surface area contributed by atoms with Crippen LogP contribution in [0.4, 0.5) is 8.78 Å². The van der Waals surface area contributed by atoms with Crippen molar-refractivity contribution in [3.8, 4) is 0 Å². The lowest BCUT2D eigenvalue weighted by atomic mass is 9.68. The van der Waals surface area contributed by atoms with Gasteiger partial charge in [-0.1, -0.05) is 64.4 Å². The summed E-state index contributed by atoms with van der Waals surface area (Å²) in [6.45, 7) is 2.25. The fraction of sp³-hybridized carbons (Fsp3) is 0.714. The standard InChI is InChI=1S/C21H32F2/c1-2-3-4-5-7-13-21(14-8-6-9-15-21)16-12-18-10-11-19(22)17-20(18)23/h10-11,17H,2-9,12-16H2,1H3. The first-order chi connectivity index (χ1) is 11.2. The SMILES string of the molecule is CCCCCCCC1(CCc2ccc(F)cc2F)CCCCC1. The first kappa shape index (κ1) is 18.4. The molecule has 0 heterocycles. The van der Waals surface area contributed by atoms with Crippen LogP contribution in [0.3, 0.4) is 0 Å². The molecule has 0 bridgehead atoms. The van der Waals surface area contributed by atoms with Gasteiger partial charge in [0.2, 0.25) is 0 Å².